The van der Waals surface area contributed by atoms with Gasteiger partial charge >= 0.3 is 5.97 Å². The third kappa shape index (κ3) is 1.90. The minimum Gasteiger partial charge on any atom is -0.507 e. The van der Waals surface area contributed by atoms with Crippen LogP contribution in [0.15, 0.2) is 18.2 Å². The van der Waals surface area contributed by atoms with Crippen molar-refractivity contribution in [3.05, 3.63) is 29.3 Å². The van der Waals surface area contributed by atoms with Gasteiger partial charge in [-0.25, -0.2) is 4.79 Å². The van der Waals surface area contributed by atoms with Crippen molar-refractivity contribution in [3.8, 4) is 5.75 Å². The van der Waals surface area contributed by atoms with E-state index in [0.717, 1.165) is 0 Å². The first-order valence-electron chi connectivity index (χ1n) is 4.03. The Labute approximate surface area is 81.6 Å². The highest BCUT2D eigenvalue weighted by Crippen LogP contribution is 2.19. The van der Waals surface area contributed by atoms with Crippen LogP contribution < -0.4 is 0 Å². The van der Waals surface area contributed by atoms with E-state index in [-0.39, 0.29) is 11.5 Å². The zero-order valence-corrected chi connectivity index (χ0v) is 8.00. The smallest absolute Gasteiger partial charge is 0.337 e. The lowest BCUT2D eigenvalue weighted by Gasteiger charge is -2.04. The van der Waals surface area contributed by atoms with Crippen molar-refractivity contribution in [2.45, 2.75) is 6.92 Å². The minimum atomic E-state index is -0.479. The van der Waals surface area contributed by atoms with Crippen molar-refractivity contribution in [1.29, 1.82) is 5.41 Å². The van der Waals surface area contributed by atoms with Gasteiger partial charge in [-0.1, -0.05) is 0 Å². The largest absolute Gasteiger partial charge is 0.507 e. The van der Waals surface area contributed by atoms with Gasteiger partial charge in [0.25, 0.3) is 0 Å². The number of methoxy groups -OCH3 is 1. The molecule has 0 amide bonds. The normalized spacial score (nSPS) is 9.57. The molecule has 14 heavy (non-hydrogen) atoms. The van der Waals surface area contributed by atoms with Gasteiger partial charge in [0.05, 0.1) is 12.7 Å². The van der Waals surface area contributed by atoms with E-state index in [2.05, 4.69) is 4.74 Å². The molecular formula is C10H11NO3. The fourth-order valence-electron chi connectivity index (χ4n) is 1.08. The van der Waals surface area contributed by atoms with Crippen molar-refractivity contribution in [1.82, 2.24) is 0 Å². The Kier molecular flexibility index (Phi) is 2.86. The maximum absolute atomic E-state index is 11.1. The monoisotopic (exact) mass is 193 g/mol. The van der Waals surface area contributed by atoms with Gasteiger partial charge in [-0.15, -0.1) is 0 Å². The van der Waals surface area contributed by atoms with E-state index in [9.17, 15) is 9.90 Å². The second-order valence-electron chi connectivity index (χ2n) is 2.85. The predicted molar refractivity (Wildman–Crippen MR) is 51.9 cm³/mol. The number of hydrogen-bond acceptors (Lipinski definition) is 4. The fraction of sp³-hybridized carbons (Fsp3) is 0.200. The third-order valence-electron chi connectivity index (χ3n) is 1.82. The van der Waals surface area contributed by atoms with Crippen LogP contribution >= 0.6 is 0 Å². The molecule has 1 aromatic rings. The highest BCUT2D eigenvalue weighted by atomic mass is 16.5. The number of carbonyl (C=O) groups excluding carboxylic acids is 1. The third-order valence-corrected chi connectivity index (χ3v) is 1.82. The second kappa shape index (κ2) is 3.91. The topological polar surface area (TPSA) is 70.4 Å². The molecule has 0 aliphatic carbocycles. The van der Waals surface area contributed by atoms with Crippen LogP contribution in [-0.2, 0) is 4.74 Å². The lowest BCUT2D eigenvalue weighted by Crippen LogP contribution is -2.03. The molecule has 4 heteroatoms. The maximum Gasteiger partial charge on any atom is 0.337 e. The standard InChI is InChI=1S/C10H11NO3/c1-6(11)8-5-7(10(13)14-2)3-4-9(8)12/h3-5,11-12H,1-2H3. The molecule has 0 aliphatic heterocycles. The van der Waals surface area contributed by atoms with Crippen molar-refractivity contribution < 1.29 is 14.6 Å². The maximum atomic E-state index is 11.1. The minimum absolute atomic E-state index is 0.00912. The van der Waals surface area contributed by atoms with Gasteiger partial charge in [0.2, 0.25) is 0 Å². The zero-order chi connectivity index (χ0) is 10.7. The van der Waals surface area contributed by atoms with Crippen LogP contribution in [0.3, 0.4) is 0 Å². The number of aromatic hydroxyl groups is 1. The van der Waals surface area contributed by atoms with Gasteiger partial charge in [-0.3, -0.25) is 0 Å². The molecule has 0 fully saturated rings. The number of phenols is 1. The first kappa shape index (κ1) is 10.2. The van der Waals surface area contributed by atoms with Gasteiger partial charge in [0, 0.05) is 11.3 Å². The molecule has 1 rings (SSSR count). The molecule has 0 radical (unpaired) electrons. The zero-order valence-electron chi connectivity index (χ0n) is 8.00. The van der Waals surface area contributed by atoms with E-state index in [1.54, 1.807) is 0 Å². The van der Waals surface area contributed by atoms with E-state index in [4.69, 9.17) is 5.41 Å². The molecule has 74 valence electrons. The Morgan fingerprint density at radius 3 is 2.64 bits per heavy atom. The molecule has 2 N–H and O–H groups in total. The highest BCUT2D eigenvalue weighted by molar-refractivity contribution is 6.01. The van der Waals surface area contributed by atoms with Gasteiger partial charge in [-0.2, -0.15) is 0 Å². The summed E-state index contributed by atoms with van der Waals surface area (Å²) in [5, 5.41) is 16.7. The molecule has 0 spiro atoms. The molecule has 0 aromatic heterocycles. The fourth-order valence-corrected chi connectivity index (χ4v) is 1.08. The number of ether oxygens (including phenoxy) is 1. The summed E-state index contributed by atoms with van der Waals surface area (Å²) in [6.07, 6.45) is 0. The molecule has 0 heterocycles. The van der Waals surface area contributed by atoms with E-state index in [0.29, 0.717) is 11.1 Å². The number of phenolic OH excluding ortho intramolecular Hbond substituents is 1. The van der Waals surface area contributed by atoms with Crippen LogP contribution in [-0.4, -0.2) is 23.9 Å². The summed E-state index contributed by atoms with van der Waals surface area (Å²) in [5.74, 6) is -0.488. The molecule has 0 unspecified atom stereocenters. The molecule has 4 nitrogen and oxygen atoms in total. The highest BCUT2D eigenvalue weighted by Gasteiger charge is 2.10. The van der Waals surface area contributed by atoms with E-state index < -0.39 is 5.97 Å². The van der Waals surface area contributed by atoms with Gasteiger partial charge in [0.1, 0.15) is 5.75 Å². The first-order chi connectivity index (χ1) is 6.56. The number of nitrogens with one attached hydrogen (secondary N) is 1. The van der Waals surface area contributed by atoms with Crippen LogP contribution in [0.1, 0.15) is 22.8 Å². The first-order valence-corrected chi connectivity index (χ1v) is 4.03. The Bertz CT molecular complexity index is 385. The predicted octanol–water partition coefficient (Wildman–Crippen LogP) is 1.57. The molecule has 0 saturated heterocycles. The van der Waals surface area contributed by atoms with Crippen LogP contribution in [0, 0.1) is 5.41 Å². The van der Waals surface area contributed by atoms with E-state index in [1.807, 2.05) is 0 Å². The summed E-state index contributed by atoms with van der Waals surface area (Å²) in [7, 11) is 1.28. The Balaban J connectivity index is 3.19. The average Bonchev–Trinajstić information content (AvgIpc) is 2.17. The Hall–Kier alpha value is -1.84. The molecule has 0 atom stereocenters. The van der Waals surface area contributed by atoms with Crippen LogP contribution in [0.5, 0.6) is 5.75 Å². The molecular weight excluding hydrogens is 182 g/mol. The second-order valence-corrected chi connectivity index (χ2v) is 2.85. The lowest BCUT2D eigenvalue weighted by molar-refractivity contribution is 0.0600. The quantitative estimate of drug-likeness (QED) is 0.553. The summed E-state index contributed by atoms with van der Waals surface area (Å²) in [4.78, 5) is 11.1. The molecule has 0 bridgehead atoms. The van der Waals surface area contributed by atoms with E-state index >= 15 is 0 Å². The van der Waals surface area contributed by atoms with Gasteiger partial charge in [-0.05, 0) is 25.1 Å². The number of carbonyl (C=O) groups is 1. The average molecular weight is 193 g/mol. The van der Waals surface area contributed by atoms with Crippen LogP contribution in [0.25, 0.3) is 0 Å². The van der Waals surface area contributed by atoms with Crippen molar-refractivity contribution >= 4 is 11.7 Å². The SMILES string of the molecule is COC(=O)c1ccc(O)c(C(C)=N)c1. The van der Waals surface area contributed by atoms with Gasteiger partial charge < -0.3 is 15.3 Å². The number of benzene rings is 1. The number of hydrogen-bond donors (Lipinski definition) is 2. The summed E-state index contributed by atoms with van der Waals surface area (Å²) >= 11 is 0. The number of esters is 1. The summed E-state index contributed by atoms with van der Waals surface area (Å²) in [6.45, 7) is 1.54. The molecule has 1 aromatic carbocycles. The van der Waals surface area contributed by atoms with Crippen LogP contribution in [0.2, 0.25) is 0 Å². The molecule has 0 aliphatic rings. The van der Waals surface area contributed by atoms with Crippen molar-refractivity contribution in [3.63, 3.8) is 0 Å². The lowest BCUT2D eigenvalue weighted by atomic mass is 10.1. The summed E-state index contributed by atoms with van der Waals surface area (Å²) in [5.41, 5.74) is 0.869. The van der Waals surface area contributed by atoms with E-state index in [1.165, 1.54) is 32.2 Å². The van der Waals surface area contributed by atoms with Crippen molar-refractivity contribution in [2.24, 2.45) is 0 Å². The van der Waals surface area contributed by atoms with Gasteiger partial charge in [0.15, 0.2) is 0 Å². The Morgan fingerprint density at radius 2 is 2.14 bits per heavy atom. The Morgan fingerprint density at radius 1 is 1.50 bits per heavy atom. The summed E-state index contributed by atoms with van der Waals surface area (Å²) < 4.78 is 4.52. The van der Waals surface area contributed by atoms with Crippen molar-refractivity contribution in [2.75, 3.05) is 7.11 Å². The van der Waals surface area contributed by atoms with Crippen LogP contribution in [0.4, 0.5) is 0 Å². The summed E-state index contributed by atoms with van der Waals surface area (Å²) in [6, 6.07) is 4.26. The number of rotatable bonds is 2. The molecule has 0 saturated carbocycles.